The molecule has 1 aromatic heterocycles. The average molecular weight is 304 g/mol. The molecule has 2 aliphatic heterocycles. The van der Waals surface area contributed by atoms with Crippen molar-refractivity contribution in [1.82, 2.24) is 9.88 Å². The Hall–Kier alpha value is -2.26. The average Bonchev–Trinajstić information content (AvgIpc) is 2.97. The molecule has 3 nitrogen and oxygen atoms in total. The van der Waals surface area contributed by atoms with Gasteiger partial charge in [0.2, 0.25) is 0 Å². The maximum absolute atomic E-state index is 5.46. The molecule has 5 rings (SSSR count). The molecule has 116 valence electrons. The summed E-state index contributed by atoms with van der Waals surface area (Å²) in [6.45, 7) is 2.16. The molecule has 3 heterocycles. The molecule has 0 saturated carbocycles. The number of H-pyrrole nitrogens is 1. The van der Waals surface area contributed by atoms with E-state index in [2.05, 4.69) is 52.3 Å². The molecule has 3 aromatic rings. The Kier molecular flexibility index (Phi) is 2.79. The highest BCUT2D eigenvalue weighted by atomic mass is 16.5. The van der Waals surface area contributed by atoms with Gasteiger partial charge >= 0.3 is 0 Å². The zero-order valence-corrected chi connectivity index (χ0v) is 13.3. The van der Waals surface area contributed by atoms with Crippen LogP contribution in [0.2, 0.25) is 0 Å². The predicted molar refractivity (Wildman–Crippen MR) is 91.9 cm³/mol. The maximum atomic E-state index is 5.46. The molecule has 0 radical (unpaired) electrons. The number of benzene rings is 2. The van der Waals surface area contributed by atoms with Crippen molar-refractivity contribution in [2.75, 3.05) is 13.7 Å². The van der Waals surface area contributed by atoms with Crippen LogP contribution in [0.15, 0.2) is 42.5 Å². The van der Waals surface area contributed by atoms with Crippen LogP contribution in [0.5, 0.6) is 5.75 Å². The minimum atomic E-state index is 0.473. The second-order valence-corrected chi connectivity index (χ2v) is 6.63. The predicted octanol–water partition coefficient (Wildman–Crippen LogP) is 3.83. The Balaban J connectivity index is 1.63. The van der Waals surface area contributed by atoms with Crippen LogP contribution >= 0.6 is 0 Å². The van der Waals surface area contributed by atoms with Crippen molar-refractivity contribution in [3.05, 3.63) is 64.8 Å². The first kappa shape index (κ1) is 13.2. The van der Waals surface area contributed by atoms with Crippen LogP contribution in [0.1, 0.15) is 28.4 Å². The summed E-state index contributed by atoms with van der Waals surface area (Å²) in [4.78, 5) is 6.24. The summed E-state index contributed by atoms with van der Waals surface area (Å²) in [5, 5.41) is 1.39. The molecule has 2 aromatic carbocycles. The van der Waals surface area contributed by atoms with E-state index in [1.165, 1.54) is 33.3 Å². The highest BCUT2D eigenvalue weighted by molar-refractivity contribution is 5.85. The van der Waals surface area contributed by atoms with E-state index >= 15 is 0 Å². The first-order valence-electron chi connectivity index (χ1n) is 8.33. The number of methoxy groups -OCH3 is 1. The number of fused-ring (bicyclic) bond motifs is 6. The second-order valence-electron chi connectivity index (χ2n) is 6.63. The van der Waals surface area contributed by atoms with Gasteiger partial charge in [0.05, 0.1) is 7.11 Å². The molecule has 2 aliphatic rings. The fourth-order valence-electron chi connectivity index (χ4n) is 4.30. The molecular weight excluding hydrogens is 284 g/mol. The van der Waals surface area contributed by atoms with Crippen molar-refractivity contribution in [2.24, 2.45) is 0 Å². The first-order chi connectivity index (χ1) is 11.3. The molecule has 0 spiro atoms. The van der Waals surface area contributed by atoms with Crippen molar-refractivity contribution in [3.63, 3.8) is 0 Å². The topological polar surface area (TPSA) is 28.3 Å². The lowest BCUT2D eigenvalue weighted by Crippen LogP contribution is -2.39. The van der Waals surface area contributed by atoms with Crippen molar-refractivity contribution in [1.29, 1.82) is 0 Å². The molecule has 1 atom stereocenters. The smallest absolute Gasteiger partial charge is 0.119 e. The summed E-state index contributed by atoms with van der Waals surface area (Å²) >= 11 is 0. The molecule has 0 amide bonds. The van der Waals surface area contributed by atoms with Gasteiger partial charge in [0.1, 0.15) is 5.75 Å². The molecule has 0 aliphatic carbocycles. The number of nitrogens with one attached hydrogen (secondary N) is 1. The molecule has 1 unspecified atom stereocenters. The lowest BCUT2D eigenvalue weighted by molar-refractivity contribution is 0.159. The summed E-state index contributed by atoms with van der Waals surface area (Å²) in [7, 11) is 1.75. The van der Waals surface area contributed by atoms with Crippen molar-refractivity contribution >= 4 is 10.9 Å². The Labute approximate surface area is 135 Å². The second kappa shape index (κ2) is 4.87. The van der Waals surface area contributed by atoms with Crippen LogP contribution in [0.4, 0.5) is 0 Å². The number of aromatic nitrogens is 1. The summed E-state index contributed by atoms with van der Waals surface area (Å²) in [5.74, 6) is 0.968. The number of para-hydroxylation sites is 1. The van der Waals surface area contributed by atoms with Gasteiger partial charge in [-0.2, -0.15) is 0 Å². The molecule has 0 bridgehead atoms. The van der Waals surface area contributed by atoms with E-state index < -0.39 is 0 Å². The van der Waals surface area contributed by atoms with Crippen LogP contribution in [0.25, 0.3) is 10.9 Å². The third-order valence-electron chi connectivity index (χ3n) is 5.48. The number of aromatic amines is 1. The third kappa shape index (κ3) is 1.93. The van der Waals surface area contributed by atoms with E-state index in [1.54, 1.807) is 7.11 Å². The van der Waals surface area contributed by atoms with Gasteiger partial charge in [-0.25, -0.2) is 0 Å². The van der Waals surface area contributed by atoms with Crippen LogP contribution < -0.4 is 4.74 Å². The largest absolute Gasteiger partial charge is 0.497 e. The molecule has 3 heteroatoms. The SMILES string of the molecule is COc1ccc2c(c1)C1Cc3c([nH]c4ccccc34)CN1CC2. The molecule has 0 saturated heterocycles. The fourth-order valence-corrected chi connectivity index (χ4v) is 4.30. The van der Waals surface area contributed by atoms with Crippen molar-refractivity contribution in [3.8, 4) is 5.75 Å². The van der Waals surface area contributed by atoms with Crippen LogP contribution in [0, 0.1) is 0 Å². The van der Waals surface area contributed by atoms with Crippen molar-refractivity contribution in [2.45, 2.75) is 25.4 Å². The lowest BCUT2D eigenvalue weighted by atomic mass is 9.85. The summed E-state index contributed by atoms with van der Waals surface area (Å²) < 4.78 is 5.46. The van der Waals surface area contributed by atoms with Crippen molar-refractivity contribution < 1.29 is 4.74 Å². The Morgan fingerprint density at radius 2 is 2.09 bits per heavy atom. The van der Waals surface area contributed by atoms with E-state index in [-0.39, 0.29) is 0 Å². The zero-order valence-electron chi connectivity index (χ0n) is 13.3. The number of hydrogen-bond acceptors (Lipinski definition) is 2. The molecule has 1 N–H and O–H groups in total. The van der Waals surface area contributed by atoms with Gasteiger partial charge < -0.3 is 9.72 Å². The standard InChI is InChI=1S/C20H20N2O/c1-23-14-7-6-13-8-9-22-12-19-17(11-20(22)16(13)10-14)15-4-2-3-5-18(15)21-19/h2-7,10,20-21H,8-9,11-12H2,1H3. The quantitative estimate of drug-likeness (QED) is 0.740. The number of nitrogens with zero attached hydrogens (tertiary/aromatic N) is 1. The van der Waals surface area contributed by atoms with Gasteiger partial charge in [0.15, 0.2) is 0 Å². The van der Waals surface area contributed by atoms with Crippen LogP contribution in [0.3, 0.4) is 0 Å². The van der Waals surface area contributed by atoms with Gasteiger partial charge in [-0.3, -0.25) is 4.90 Å². The van der Waals surface area contributed by atoms with E-state index in [1.807, 2.05) is 0 Å². The maximum Gasteiger partial charge on any atom is 0.119 e. The number of hydrogen-bond donors (Lipinski definition) is 1. The van der Waals surface area contributed by atoms with Gasteiger partial charge in [0, 0.05) is 35.7 Å². The Morgan fingerprint density at radius 1 is 1.17 bits per heavy atom. The van der Waals surface area contributed by atoms with Gasteiger partial charge in [-0.15, -0.1) is 0 Å². The van der Waals surface area contributed by atoms with Crippen LogP contribution in [-0.4, -0.2) is 23.5 Å². The number of rotatable bonds is 1. The molecule has 23 heavy (non-hydrogen) atoms. The third-order valence-corrected chi connectivity index (χ3v) is 5.48. The fraction of sp³-hybridized carbons (Fsp3) is 0.300. The minimum Gasteiger partial charge on any atom is -0.497 e. The minimum absolute atomic E-state index is 0.473. The van der Waals surface area contributed by atoms with Crippen LogP contribution in [-0.2, 0) is 19.4 Å². The lowest BCUT2D eigenvalue weighted by Gasteiger charge is -2.40. The summed E-state index contributed by atoms with van der Waals surface area (Å²) in [6, 6.07) is 15.7. The summed E-state index contributed by atoms with van der Waals surface area (Å²) in [5.41, 5.74) is 7.09. The van der Waals surface area contributed by atoms with E-state index in [9.17, 15) is 0 Å². The zero-order chi connectivity index (χ0) is 15.4. The monoisotopic (exact) mass is 304 g/mol. The van der Waals surface area contributed by atoms with E-state index in [0.717, 1.165) is 31.7 Å². The van der Waals surface area contributed by atoms with E-state index in [4.69, 9.17) is 4.74 Å². The highest BCUT2D eigenvalue weighted by Gasteiger charge is 2.33. The summed E-state index contributed by atoms with van der Waals surface area (Å²) in [6.07, 6.45) is 2.21. The normalized spacial score (nSPS) is 20.0. The van der Waals surface area contributed by atoms with Gasteiger partial charge in [-0.05, 0) is 47.7 Å². The van der Waals surface area contributed by atoms with Gasteiger partial charge in [0.25, 0.3) is 0 Å². The first-order valence-corrected chi connectivity index (χ1v) is 8.33. The Bertz CT molecular complexity index is 896. The highest BCUT2D eigenvalue weighted by Crippen LogP contribution is 2.41. The van der Waals surface area contributed by atoms with Gasteiger partial charge in [-0.1, -0.05) is 24.3 Å². The van der Waals surface area contributed by atoms with E-state index in [0.29, 0.717) is 6.04 Å². The Morgan fingerprint density at radius 3 is 3.00 bits per heavy atom. The molecule has 0 fully saturated rings. The number of ether oxygens (including phenoxy) is 1. The molecular formula is C20H20N2O.